The Kier molecular flexibility index (Phi) is 20.7. The third kappa shape index (κ3) is 17.0. The van der Waals surface area contributed by atoms with Gasteiger partial charge in [0.15, 0.2) is 58.9 Å². The number of fused-ring (bicyclic) bond motifs is 15. The highest BCUT2D eigenvalue weighted by molar-refractivity contribution is 6.14. The molecule has 15 aromatic heterocycles. The van der Waals surface area contributed by atoms with Gasteiger partial charge in [0.2, 0.25) is 57.0 Å². The van der Waals surface area contributed by atoms with Crippen LogP contribution in [0.5, 0.6) is 0 Å². The maximum atomic E-state index is 8.13. The van der Waals surface area contributed by atoms with Crippen LogP contribution in [0.2, 0.25) is 0 Å². The molecule has 0 amide bonds. The van der Waals surface area contributed by atoms with Crippen molar-refractivity contribution in [3.05, 3.63) is 420 Å². The van der Waals surface area contributed by atoms with Crippen LogP contribution < -0.4 is 22.8 Å². The van der Waals surface area contributed by atoms with Gasteiger partial charge in [0.1, 0.15) is 35.2 Å². The SMILES string of the molecule is Cc1ccc2c(n1)oc1c(-c3cc(-c4ccccc4)c(C)c[n+]3C)c(C)ccc12.Cc1ccc2c(n1)oc1c(-c3cc(-c4ccccc4)cc[n+]3C)c(C)ccc12.[2H]C([2H])([2H])c1c[n+](C)c(-c2c(C)cc(C([2H])([2H])[2H])c3c2oc2ncccc23)cc1-c1ccccc1.[2H]C([2H])([2H])c1c[n+](C)c(-c2c(C)ccc3c2oc2ncccc23)cc1-c1ccccc1.[2H]C([2H])([2H])c1cc(C)c(-c2cc(-c3ccccc3)cc[n+]2C)c2oc3ncccc3c12. The first-order chi connectivity index (χ1) is 73.8. The number of rotatable bonds is 10. The highest BCUT2D eigenvalue weighted by Gasteiger charge is 2.31. The average Bonchev–Trinajstić information content (AvgIpc) is 1.56. The molecular formula is C127H109N10O5+5. The first-order valence-corrected chi connectivity index (χ1v) is 47.2. The Morgan fingerprint density at radius 2 is 0.507 bits per heavy atom. The van der Waals surface area contributed by atoms with Gasteiger partial charge in [0.25, 0.3) is 0 Å². The van der Waals surface area contributed by atoms with Crippen LogP contribution in [0.25, 0.3) is 222 Å². The van der Waals surface area contributed by atoms with Gasteiger partial charge in [-0.05, 0) is 238 Å². The van der Waals surface area contributed by atoms with Crippen molar-refractivity contribution in [3.8, 4) is 112 Å². The van der Waals surface area contributed by atoms with Gasteiger partial charge in [-0.3, -0.25) is 0 Å². The molecule has 0 unspecified atom stereocenters. The number of pyridine rings is 10. The summed E-state index contributed by atoms with van der Waals surface area (Å²) in [5.41, 5.74) is 35.0. The van der Waals surface area contributed by atoms with E-state index in [2.05, 4.69) is 227 Å². The molecule has 0 bridgehead atoms. The maximum absolute atomic E-state index is 8.13. The monoisotopic (exact) mass is 1870 g/mol. The van der Waals surface area contributed by atoms with Gasteiger partial charge in [0.05, 0.1) is 27.8 Å². The highest BCUT2D eigenvalue weighted by Crippen LogP contribution is 2.46. The van der Waals surface area contributed by atoms with Crippen molar-refractivity contribution in [3.63, 3.8) is 0 Å². The van der Waals surface area contributed by atoms with Crippen LogP contribution in [-0.4, -0.2) is 24.9 Å². The Morgan fingerprint density at radius 3 is 0.866 bits per heavy atom. The van der Waals surface area contributed by atoms with Gasteiger partial charge in [-0.1, -0.05) is 200 Å². The summed E-state index contributed by atoms with van der Waals surface area (Å²) in [6.45, 7) is 7.06. The molecule has 0 aliphatic heterocycles. The summed E-state index contributed by atoms with van der Waals surface area (Å²) in [5.74, 6) is 0. The summed E-state index contributed by atoms with van der Waals surface area (Å²) in [5, 5.41) is 8.72. The molecule has 142 heavy (non-hydrogen) atoms. The Morgan fingerprint density at radius 1 is 0.218 bits per heavy atom. The maximum Gasteiger partial charge on any atom is 0.227 e. The minimum atomic E-state index is -2.35. The van der Waals surface area contributed by atoms with Crippen molar-refractivity contribution in [1.29, 1.82) is 0 Å². The number of aryl methyl sites for hydroxylation is 17. The van der Waals surface area contributed by atoms with Gasteiger partial charge in [0, 0.05) is 159 Å². The van der Waals surface area contributed by atoms with Crippen LogP contribution >= 0.6 is 0 Å². The first-order valence-electron chi connectivity index (χ1n) is 53.2. The standard InChI is InChI=1S/2C26H23N2O.3C25H21N2O/c1-16-13-17(2)24(25-23(16)20-11-8-12-27-26(20)29-25)22-14-21(18(3)15-28(22)4)19-9-6-5-7-10-19;1-16-10-12-20-21-13-11-18(3)27-26(21)29-25(20)24(16)23-14-22(17(2)15-28(23)4)19-8-6-5-7-9-19;1-16-11-12-19-20-10-7-13-26-25(20)28-24(19)23(16)22-14-21(17(2)15-27(22)3)18-8-5-4-6-9-18;1-16-14-17(2)23(24-22(16)20-10-7-12-26-25(20)28-24)21-15-19(11-13-27(21)3)18-8-5-4-6-9-18;1-16-9-11-20-21-12-10-17(2)26-25(21)28-24(20)23(16)22-15-19(13-14-27(22)3)18-7-5-4-6-8-18/h2*5-15H,1-4H3;3*4-15H,1-3H3/q5*+1/i1D3,3D3;;2D3;1D3;. The van der Waals surface area contributed by atoms with E-state index < -0.39 is 27.4 Å². The van der Waals surface area contributed by atoms with E-state index in [4.69, 9.17) is 38.5 Å². The minimum Gasteiger partial charge on any atom is -0.437 e. The molecule has 0 aliphatic carbocycles. The third-order valence-corrected chi connectivity index (χ3v) is 26.8. The molecule has 692 valence electrons. The van der Waals surface area contributed by atoms with E-state index in [0.29, 0.717) is 94.8 Å². The fraction of sp³-hybridized carbons (Fsp3) is 0.134. The fourth-order valence-electron chi connectivity index (χ4n) is 19.7. The zero-order valence-corrected chi connectivity index (χ0v) is 81.0. The van der Waals surface area contributed by atoms with Crippen LogP contribution in [0.1, 0.15) is 83.5 Å². The molecule has 0 N–H and O–H groups in total. The Balaban J connectivity index is 0.000000112. The molecule has 25 aromatic rings. The zero-order valence-electron chi connectivity index (χ0n) is 93.0. The van der Waals surface area contributed by atoms with Crippen molar-refractivity contribution in [1.82, 2.24) is 24.9 Å². The van der Waals surface area contributed by atoms with E-state index >= 15 is 0 Å². The molecular weight excluding hydrogens is 1750 g/mol. The van der Waals surface area contributed by atoms with Crippen LogP contribution in [0.3, 0.4) is 0 Å². The van der Waals surface area contributed by atoms with Gasteiger partial charge < -0.3 is 22.1 Å². The van der Waals surface area contributed by atoms with Gasteiger partial charge in [-0.25, -0.2) is 47.8 Å². The van der Waals surface area contributed by atoms with E-state index in [-0.39, 0.29) is 16.7 Å². The second kappa shape index (κ2) is 37.9. The molecule has 0 atom stereocenters. The molecule has 0 spiro atoms. The third-order valence-electron chi connectivity index (χ3n) is 26.8. The van der Waals surface area contributed by atoms with Crippen molar-refractivity contribution >= 4 is 110 Å². The molecule has 0 saturated heterocycles. The summed E-state index contributed by atoms with van der Waals surface area (Å²) in [7, 11) is 9.81. The lowest BCUT2D eigenvalue weighted by molar-refractivity contribution is -0.660. The van der Waals surface area contributed by atoms with E-state index in [1.807, 2.05) is 191 Å². The molecule has 0 fully saturated rings. The number of hydrogen-bond acceptors (Lipinski definition) is 10. The van der Waals surface area contributed by atoms with Gasteiger partial charge in [-0.15, -0.1) is 0 Å². The predicted octanol–water partition coefficient (Wildman–Crippen LogP) is 29.4. The smallest absolute Gasteiger partial charge is 0.227 e. The second-order valence-electron chi connectivity index (χ2n) is 36.4. The lowest BCUT2D eigenvalue weighted by Crippen LogP contribution is -2.31. The minimum absolute atomic E-state index is 0.200. The Hall–Kier alpha value is -17.3. The fourth-order valence-corrected chi connectivity index (χ4v) is 19.7. The average molecular weight is 1870 g/mol. The van der Waals surface area contributed by atoms with Gasteiger partial charge >= 0.3 is 0 Å². The molecule has 15 heterocycles. The number of nitrogens with zero attached hydrogens (tertiary/aromatic N) is 10. The van der Waals surface area contributed by atoms with E-state index in [1.54, 1.807) is 72.9 Å². The van der Waals surface area contributed by atoms with Crippen LogP contribution in [0, 0.1) is 82.8 Å². The first kappa shape index (κ1) is 77.7. The van der Waals surface area contributed by atoms with Crippen molar-refractivity contribution in [2.45, 2.75) is 82.8 Å². The molecule has 25 rings (SSSR count). The Bertz CT molecular complexity index is 9770. The predicted molar refractivity (Wildman–Crippen MR) is 575 cm³/mol. The normalized spacial score (nSPS) is 13.0. The van der Waals surface area contributed by atoms with Crippen LogP contribution in [0.15, 0.2) is 375 Å². The van der Waals surface area contributed by atoms with E-state index in [9.17, 15) is 0 Å². The van der Waals surface area contributed by atoms with Gasteiger partial charge in [-0.2, -0.15) is 0 Å². The number of aromatic nitrogens is 10. The molecule has 15 heteroatoms. The topological polar surface area (TPSA) is 150 Å². The molecule has 15 nitrogen and oxygen atoms in total. The number of hydrogen-bond donors (Lipinski definition) is 0. The quantitative estimate of drug-likeness (QED) is 0.121. The molecule has 0 saturated carbocycles. The molecule has 0 aliphatic rings. The zero-order chi connectivity index (χ0) is 108. The highest BCUT2D eigenvalue weighted by atomic mass is 16.4. The molecule has 0 radical (unpaired) electrons. The lowest BCUT2D eigenvalue weighted by Gasteiger charge is -2.11. The van der Waals surface area contributed by atoms with Crippen molar-refractivity contribution in [2.24, 2.45) is 35.2 Å². The summed E-state index contributed by atoms with van der Waals surface area (Å²) in [6, 6.07) is 100. The lowest BCUT2D eigenvalue weighted by atomic mass is 9.94. The van der Waals surface area contributed by atoms with E-state index in [0.717, 1.165) is 139 Å². The van der Waals surface area contributed by atoms with Crippen LogP contribution in [-0.2, 0) is 35.2 Å². The second-order valence-corrected chi connectivity index (χ2v) is 36.4. The summed E-state index contributed by atoms with van der Waals surface area (Å²) >= 11 is 0. The summed E-state index contributed by atoms with van der Waals surface area (Å²) in [6.07, 6.45) is 14.6. The largest absolute Gasteiger partial charge is 0.437 e. The van der Waals surface area contributed by atoms with Crippen molar-refractivity contribution < 1.29 is 61.4 Å². The van der Waals surface area contributed by atoms with Crippen LogP contribution in [0.4, 0.5) is 0 Å². The Labute approximate surface area is 841 Å². The summed E-state index contributed by atoms with van der Waals surface area (Å²) < 4.78 is 138. The van der Waals surface area contributed by atoms with E-state index in [1.165, 1.54) is 38.9 Å². The summed E-state index contributed by atoms with van der Waals surface area (Å²) in [4.78, 5) is 22.2. The number of benzene rings is 10. The molecule has 10 aromatic carbocycles. The number of furan rings is 5. The van der Waals surface area contributed by atoms with Crippen molar-refractivity contribution in [2.75, 3.05) is 0 Å².